The zero-order valence-electron chi connectivity index (χ0n) is 18.0. The Bertz CT molecular complexity index is 873. The number of piperidine rings is 1. The van der Waals surface area contributed by atoms with E-state index in [2.05, 4.69) is 16.0 Å². The molecule has 0 aliphatic carbocycles. The molecule has 1 amide bonds. The minimum Gasteiger partial charge on any atom is -0.493 e. The Hall–Kier alpha value is -2.60. The predicted octanol–water partition coefficient (Wildman–Crippen LogP) is 3.16. The van der Waals surface area contributed by atoms with Gasteiger partial charge in [-0.2, -0.15) is 0 Å². The van der Waals surface area contributed by atoms with Gasteiger partial charge in [-0.1, -0.05) is 18.2 Å². The van der Waals surface area contributed by atoms with Crippen LogP contribution in [0.2, 0.25) is 0 Å². The van der Waals surface area contributed by atoms with Crippen molar-refractivity contribution in [1.82, 2.24) is 14.8 Å². The number of hydrogen-bond donors (Lipinski definition) is 0. The normalized spacial score (nSPS) is 21.9. The number of rotatable bonds is 7. The SMILES string of the molecule is COc1cccc(CN2CCCC3(CCN(CCc4ccccn4)C3)C2=O)c1OC. The quantitative estimate of drug-likeness (QED) is 0.703. The van der Waals surface area contributed by atoms with E-state index in [1.165, 1.54) is 0 Å². The second-order valence-electron chi connectivity index (χ2n) is 8.36. The highest BCUT2D eigenvalue weighted by Gasteiger charge is 2.48. The van der Waals surface area contributed by atoms with E-state index in [4.69, 9.17) is 9.47 Å². The number of amides is 1. The summed E-state index contributed by atoms with van der Waals surface area (Å²) in [4.78, 5) is 22.4. The first-order valence-corrected chi connectivity index (χ1v) is 10.8. The Labute approximate surface area is 178 Å². The fourth-order valence-electron chi connectivity index (χ4n) is 4.93. The van der Waals surface area contributed by atoms with Gasteiger partial charge in [0.1, 0.15) is 0 Å². The van der Waals surface area contributed by atoms with Crippen molar-refractivity contribution in [3.8, 4) is 11.5 Å². The molecule has 0 radical (unpaired) electrons. The van der Waals surface area contributed by atoms with Crippen LogP contribution >= 0.6 is 0 Å². The average molecular weight is 410 g/mol. The third-order valence-corrected chi connectivity index (χ3v) is 6.51. The van der Waals surface area contributed by atoms with Gasteiger partial charge >= 0.3 is 0 Å². The van der Waals surface area contributed by atoms with Crippen molar-refractivity contribution >= 4 is 5.91 Å². The van der Waals surface area contributed by atoms with Crippen molar-refractivity contribution < 1.29 is 14.3 Å². The summed E-state index contributed by atoms with van der Waals surface area (Å²) >= 11 is 0. The molecule has 1 aromatic heterocycles. The lowest BCUT2D eigenvalue weighted by Crippen LogP contribution is -2.49. The smallest absolute Gasteiger partial charge is 0.230 e. The summed E-state index contributed by atoms with van der Waals surface area (Å²) in [7, 11) is 3.29. The lowest BCUT2D eigenvalue weighted by atomic mass is 9.78. The van der Waals surface area contributed by atoms with E-state index in [1.807, 2.05) is 41.4 Å². The molecular weight excluding hydrogens is 378 g/mol. The number of para-hydroxylation sites is 1. The molecule has 1 spiro atoms. The number of likely N-dealkylation sites (tertiary alicyclic amines) is 2. The molecule has 1 atom stereocenters. The Morgan fingerprint density at radius 3 is 2.73 bits per heavy atom. The van der Waals surface area contributed by atoms with Gasteiger partial charge in [-0.25, -0.2) is 0 Å². The molecule has 2 fully saturated rings. The number of aromatic nitrogens is 1. The number of carbonyl (C=O) groups is 1. The summed E-state index contributed by atoms with van der Waals surface area (Å²) in [6.07, 6.45) is 5.75. The van der Waals surface area contributed by atoms with Crippen LogP contribution in [0.25, 0.3) is 0 Å². The van der Waals surface area contributed by atoms with Gasteiger partial charge in [0, 0.05) is 50.1 Å². The maximum atomic E-state index is 13.5. The molecule has 160 valence electrons. The molecule has 0 bridgehead atoms. The van der Waals surface area contributed by atoms with E-state index >= 15 is 0 Å². The summed E-state index contributed by atoms with van der Waals surface area (Å²) in [6, 6.07) is 11.9. The monoisotopic (exact) mass is 409 g/mol. The van der Waals surface area contributed by atoms with E-state index in [9.17, 15) is 4.79 Å². The van der Waals surface area contributed by atoms with Gasteiger partial charge in [0.05, 0.1) is 19.6 Å². The molecule has 1 unspecified atom stereocenters. The lowest BCUT2D eigenvalue weighted by molar-refractivity contribution is -0.146. The zero-order chi connectivity index (χ0) is 21.0. The van der Waals surface area contributed by atoms with E-state index in [0.717, 1.165) is 68.9 Å². The van der Waals surface area contributed by atoms with Gasteiger partial charge in [0.15, 0.2) is 11.5 Å². The summed E-state index contributed by atoms with van der Waals surface area (Å²) in [5.41, 5.74) is 1.86. The van der Waals surface area contributed by atoms with Gasteiger partial charge in [0.2, 0.25) is 5.91 Å². The molecule has 2 aliphatic heterocycles. The van der Waals surface area contributed by atoms with Crippen LogP contribution in [0.3, 0.4) is 0 Å². The molecular formula is C24H31N3O3. The van der Waals surface area contributed by atoms with Crippen LogP contribution in [-0.4, -0.2) is 61.1 Å². The number of methoxy groups -OCH3 is 2. The van der Waals surface area contributed by atoms with Gasteiger partial charge in [0.25, 0.3) is 0 Å². The van der Waals surface area contributed by atoms with E-state index in [-0.39, 0.29) is 5.41 Å². The van der Waals surface area contributed by atoms with Crippen molar-refractivity contribution in [2.75, 3.05) is 40.4 Å². The second-order valence-corrected chi connectivity index (χ2v) is 8.36. The van der Waals surface area contributed by atoms with Gasteiger partial charge in [-0.3, -0.25) is 9.78 Å². The number of hydrogen-bond acceptors (Lipinski definition) is 5. The summed E-state index contributed by atoms with van der Waals surface area (Å²) in [5.74, 6) is 1.71. The first-order valence-electron chi connectivity index (χ1n) is 10.8. The summed E-state index contributed by atoms with van der Waals surface area (Å²) < 4.78 is 11.0. The van der Waals surface area contributed by atoms with Crippen molar-refractivity contribution in [1.29, 1.82) is 0 Å². The zero-order valence-corrected chi connectivity index (χ0v) is 18.0. The van der Waals surface area contributed by atoms with Crippen LogP contribution in [0.15, 0.2) is 42.6 Å². The molecule has 6 heteroatoms. The van der Waals surface area contributed by atoms with Crippen molar-refractivity contribution in [3.63, 3.8) is 0 Å². The van der Waals surface area contributed by atoms with Crippen molar-refractivity contribution in [2.45, 2.75) is 32.2 Å². The van der Waals surface area contributed by atoms with E-state index in [1.54, 1.807) is 14.2 Å². The number of ether oxygens (including phenoxy) is 2. The first kappa shape index (κ1) is 20.7. The lowest BCUT2D eigenvalue weighted by Gasteiger charge is -2.39. The van der Waals surface area contributed by atoms with Gasteiger partial charge < -0.3 is 19.3 Å². The summed E-state index contributed by atoms with van der Waals surface area (Å²) in [5, 5.41) is 0. The van der Waals surface area contributed by atoms with Gasteiger partial charge in [-0.05, 0) is 44.0 Å². The number of pyridine rings is 1. The highest BCUT2D eigenvalue weighted by atomic mass is 16.5. The highest BCUT2D eigenvalue weighted by molar-refractivity contribution is 5.84. The largest absolute Gasteiger partial charge is 0.493 e. The molecule has 30 heavy (non-hydrogen) atoms. The third kappa shape index (κ3) is 4.15. The maximum Gasteiger partial charge on any atom is 0.230 e. The molecule has 2 saturated heterocycles. The fourth-order valence-corrected chi connectivity index (χ4v) is 4.93. The number of nitrogens with zero attached hydrogens (tertiary/aromatic N) is 3. The van der Waals surface area contributed by atoms with Crippen LogP contribution in [0.1, 0.15) is 30.5 Å². The number of benzene rings is 1. The van der Waals surface area contributed by atoms with E-state index < -0.39 is 0 Å². The average Bonchev–Trinajstić information content (AvgIpc) is 3.20. The van der Waals surface area contributed by atoms with Crippen LogP contribution in [0.4, 0.5) is 0 Å². The van der Waals surface area contributed by atoms with E-state index in [0.29, 0.717) is 18.2 Å². The van der Waals surface area contributed by atoms with Crippen molar-refractivity contribution in [2.24, 2.45) is 5.41 Å². The molecule has 6 nitrogen and oxygen atoms in total. The predicted molar refractivity (Wildman–Crippen MR) is 116 cm³/mol. The van der Waals surface area contributed by atoms with Gasteiger partial charge in [-0.15, -0.1) is 0 Å². The standard InChI is InChI=1S/C24H31N3O3/c1-29-21-9-5-7-19(22(21)30-2)17-27-14-6-11-24(23(27)28)12-16-26(18-24)15-10-20-8-3-4-13-25-20/h3-5,7-9,13H,6,10-12,14-18H2,1-2H3. The molecule has 3 heterocycles. The first-order chi connectivity index (χ1) is 14.6. The molecule has 0 saturated carbocycles. The highest BCUT2D eigenvalue weighted by Crippen LogP contribution is 2.41. The molecule has 1 aromatic carbocycles. The maximum absolute atomic E-state index is 13.5. The Balaban J connectivity index is 1.42. The fraction of sp³-hybridized carbons (Fsp3) is 0.500. The Morgan fingerprint density at radius 1 is 1.07 bits per heavy atom. The second kappa shape index (κ2) is 9.04. The molecule has 2 aromatic rings. The molecule has 2 aliphatic rings. The van der Waals surface area contributed by atoms with Crippen LogP contribution in [0, 0.1) is 5.41 Å². The summed E-state index contributed by atoms with van der Waals surface area (Å²) in [6.45, 7) is 4.15. The molecule has 0 N–H and O–H groups in total. The Kier molecular flexibility index (Phi) is 6.23. The van der Waals surface area contributed by atoms with Crippen LogP contribution in [-0.2, 0) is 17.8 Å². The van der Waals surface area contributed by atoms with Crippen LogP contribution < -0.4 is 9.47 Å². The Morgan fingerprint density at radius 2 is 1.97 bits per heavy atom. The molecule has 4 rings (SSSR count). The third-order valence-electron chi connectivity index (χ3n) is 6.51. The van der Waals surface area contributed by atoms with Crippen molar-refractivity contribution in [3.05, 3.63) is 53.9 Å². The van der Waals surface area contributed by atoms with Crippen LogP contribution in [0.5, 0.6) is 11.5 Å². The minimum absolute atomic E-state index is 0.242. The number of carbonyl (C=O) groups excluding carboxylic acids is 1. The topological polar surface area (TPSA) is 54.9 Å². The minimum atomic E-state index is -0.242.